The Kier molecular flexibility index (Phi) is 4.05. The van der Waals surface area contributed by atoms with Crippen molar-refractivity contribution >= 4 is 11.9 Å². The summed E-state index contributed by atoms with van der Waals surface area (Å²) < 4.78 is 4.51. The minimum Gasteiger partial charge on any atom is -0.467 e. The molecular formula is C11H18N4O3. The first-order chi connectivity index (χ1) is 8.25. The number of aromatic amines is 1. The van der Waals surface area contributed by atoms with Crippen molar-refractivity contribution in [2.75, 3.05) is 7.11 Å². The van der Waals surface area contributed by atoms with E-state index in [1.54, 1.807) is 0 Å². The van der Waals surface area contributed by atoms with Crippen molar-refractivity contribution in [2.45, 2.75) is 39.2 Å². The normalized spacial score (nSPS) is 12.9. The average molecular weight is 254 g/mol. The van der Waals surface area contributed by atoms with Crippen LogP contribution in [-0.2, 0) is 14.9 Å². The molecule has 1 atom stereocenters. The monoisotopic (exact) mass is 254 g/mol. The van der Waals surface area contributed by atoms with E-state index in [0.717, 1.165) is 0 Å². The predicted molar refractivity (Wildman–Crippen MR) is 64.0 cm³/mol. The summed E-state index contributed by atoms with van der Waals surface area (Å²) in [7, 11) is 1.26. The van der Waals surface area contributed by atoms with E-state index in [4.69, 9.17) is 0 Å². The van der Waals surface area contributed by atoms with Crippen molar-refractivity contribution in [1.29, 1.82) is 0 Å². The van der Waals surface area contributed by atoms with Crippen molar-refractivity contribution in [3.05, 3.63) is 11.6 Å². The zero-order valence-electron chi connectivity index (χ0n) is 11.2. The van der Waals surface area contributed by atoms with Crippen LogP contribution in [0.5, 0.6) is 0 Å². The second-order valence-electron chi connectivity index (χ2n) is 4.98. The number of carbonyl (C=O) groups excluding carboxylic acids is 2. The molecule has 0 aliphatic carbocycles. The van der Waals surface area contributed by atoms with Gasteiger partial charge in [0.15, 0.2) is 0 Å². The van der Waals surface area contributed by atoms with Gasteiger partial charge in [-0.05, 0) is 6.92 Å². The number of carbonyl (C=O) groups is 2. The van der Waals surface area contributed by atoms with Gasteiger partial charge >= 0.3 is 5.97 Å². The summed E-state index contributed by atoms with van der Waals surface area (Å²) in [5, 5.41) is 8.98. The Morgan fingerprint density at radius 1 is 1.39 bits per heavy atom. The highest BCUT2D eigenvalue weighted by Crippen LogP contribution is 2.17. The predicted octanol–water partition coefficient (Wildman–Crippen LogP) is 0.393. The van der Waals surface area contributed by atoms with E-state index in [0.29, 0.717) is 5.82 Å². The fraction of sp³-hybridized carbons (Fsp3) is 0.636. The highest BCUT2D eigenvalue weighted by atomic mass is 16.5. The Hall–Kier alpha value is -1.92. The van der Waals surface area contributed by atoms with Gasteiger partial charge in [-0.15, -0.1) is 5.10 Å². The second-order valence-corrected chi connectivity index (χ2v) is 4.98. The number of esters is 1. The highest BCUT2D eigenvalue weighted by molar-refractivity contribution is 5.93. The maximum atomic E-state index is 11.8. The number of H-pyrrole nitrogens is 1. The number of ether oxygens (including phenoxy) is 1. The topological polar surface area (TPSA) is 97.0 Å². The van der Waals surface area contributed by atoms with Crippen LogP contribution in [-0.4, -0.2) is 40.2 Å². The molecule has 1 heterocycles. The summed E-state index contributed by atoms with van der Waals surface area (Å²) in [6, 6.07) is -0.737. The minimum absolute atomic E-state index is 0.00989. The van der Waals surface area contributed by atoms with Crippen LogP contribution in [0.3, 0.4) is 0 Å². The molecule has 0 aliphatic rings. The molecule has 1 unspecified atom stereocenters. The molecule has 0 saturated heterocycles. The molecule has 0 fully saturated rings. The summed E-state index contributed by atoms with van der Waals surface area (Å²) in [6.07, 6.45) is 0. The number of hydrogen-bond donors (Lipinski definition) is 2. The van der Waals surface area contributed by atoms with E-state index in [1.165, 1.54) is 14.0 Å². The van der Waals surface area contributed by atoms with Gasteiger partial charge in [-0.2, -0.15) is 0 Å². The van der Waals surface area contributed by atoms with Crippen LogP contribution in [0.1, 0.15) is 44.1 Å². The molecular weight excluding hydrogens is 236 g/mol. The van der Waals surface area contributed by atoms with E-state index in [9.17, 15) is 9.59 Å². The van der Waals surface area contributed by atoms with Crippen molar-refractivity contribution < 1.29 is 14.3 Å². The molecule has 100 valence electrons. The standard InChI is InChI=1S/C11H18N4O3/c1-6(9(17)18-5)12-8(16)7-13-10(15-14-7)11(2,3)4/h6H,1-5H3,(H,12,16)(H,13,14,15). The molecule has 1 rings (SSSR count). The summed E-state index contributed by atoms with van der Waals surface area (Å²) in [5.74, 6) is -0.413. The molecule has 0 aliphatic heterocycles. The highest BCUT2D eigenvalue weighted by Gasteiger charge is 2.23. The maximum absolute atomic E-state index is 11.8. The van der Waals surface area contributed by atoms with Crippen LogP contribution >= 0.6 is 0 Å². The molecule has 0 spiro atoms. The number of nitrogens with one attached hydrogen (secondary N) is 2. The number of nitrogens with zero attached hydrogens (tertiary/aromatic N) is 2. The fourth-order valence-corrected chi connectivity index (χ4v) is 1.20. The molecule has 1 aromatic rings. The summed E-state index contributed by atoms with van der Waals surface area (Å²) in [5.41, 5.74) is -0.223. The number of rotatable bonds is 3. The van der Waals surface area contributed by atoms with E-state index in [1.807, 2.05) is 20.8 Å². The third-order valence-electron chi connectivity index (χ3n) is 2.30. The number of hydrogen-bond acceptors (Lipinski definition) is 5. The Bertz CT molecular complexity index is 447. The van der Waals surface area contributed by atoms with Gasteiger partial charge < -0.3 is 10.1 Å². The Morgan fingerprint density at radius 3 is 2.44 bits per heavy atom. The zero-order chi connectivity index (χ0) is 13.9. The van der Waals surface area contributed by atoms with Gasteiger partial charge in [0.2, 0.25) is 5.82 Å². The lowest BCUT2D eigenvalue weighted by Gasteiger charge is -2.13. The van der Waals surface area contributed by atoms with Crippen LogP contribution in [0.25, 0.3) is 0 Å². The van der Waals surface area contributed by atoms with Gasteiger partial charge in [0.05, 0.1) is 7.11 Å². The fourth-order valence-electron chi connectivity index (χ4n) is 1.20. The van der Waals surface area contributed by atoms with Crippen molar-refractivity contribution in [3.8, 4) is 0 Å². The van der Waals surface area contributed by atoms with Gasteiger partial charge in [-0.25, -0.2) is 9.78 Å². The van der Waals surface area contributed by atoms with Crippen molar-refractivity contribution in [1.82, 2.24) is 20.5 Å². The summed E-state index contributed by atoms with van der Waals surface area (Å²) in [6.45, 7) is 7.38. The molecule has 2 N–H and O–H groups in total. The molecule has 1 amide bonds. The lowest BCUT2D eigenvalue weighted by atomic mass is 9.96. The molecule has 0 bridgehead atoms. The average Bonchev–Trinajstić information content (AvgIpc) is 2.76. The zero-order valence-corrected chi connectivity index (χ0v) is 11.2. The second kappa shape index (κ2) is 5.16. The first kappa shape index (κ1) is 14.1. The van der Waals surface area contributed by atoms with Crippen molar-refractivity contribution in [3.63, 3.8) is 0 Å². The molecule has 18 heavy (non-hydrogen) atoms. The lowest BCUT2D eigenvalue weighted by molar-refractivity contribution is -0.142. The smallest absolute Gasteiger partial charge is 0.328 e. The van der Waals surface area contributed by atoms with Gasteiger partial charge in [0.1, 0.15) is 11.9 Å². The lowest BCUT2D eigenvalue weighted by Crippen LogP contribution is -2.39. The van der Waals surface area contributed by atoms with Gasteiger partial charge in [0.25, 0.3) is 5.91 Å². The first-order valence-electron chi connectivity index (χ1n) is 5.57. The SMILES string of the molecule is COC(=O)C(C)NC(=O)c1n[nH]c(C(C)(C)C)n1. The third-order valence-corrected chi connectivity index (χ3v) is 2.30. The van der Waals surface area contributed by atoms with E-state index >= 15 is 0 Å². The van der Waals surface area contributed by atoms with Crippen molar-refractivity contribution in [2.24, 2.45) is 0 Å². The van der Waals surface area contributed by atoms with Crippen LogP contribution in [0, 0.1) is 0 Å². The van der Waals surface area contributed by atoms with Gasteiger partial charge in [-0.1, -0.05) is 20.8 Å². The molecule has 0 saturated carbocycles. The van der Waals surface area contributed by atoms with Crippen LogP contribution in [0.2, 0.25) is 0 Å². The maximum Gasteiger partial charge on any atom is 0.328 e. The van der Waals surface area contributed by atoms with E-state index in [-0.39, 0.29) is 11.2 Å². The Morgan fingerprint density at radius 2 is 2.00 bits per heavy atom. The van der Waals surface area contributed by atoms with Crippen LogP contribution in [0.15, 0.2) is 0 Å². The Balaban J connectivity index is 2.74. The first-order valence-corrected chi connectivity index (χ1v) is 5.57. The van der Waals surface area contributed by atoms with E-state index < -0.39 is 17.9 Å². The van der Waals surface area contributed by atoms with E-state index in [2.05, 4.69) is 25.2 Å². The number of aromatic nitrogens is 3. The van der Waals surface area contributed by atoms with Crippen LogP contribution < -0.4 is 5.32 Å². The van der Waals surface area contributed by atoms with Gasteiger partial charge in [-0.3, -0.25) is 9.89 Å². The summed E-state index contributed by atoms with van der Waals surface area (Å²) >= 11 is 0. The third kappa shape index (κ3) is 3.28. The molecule has 0 radical (unpaired) electrons. The quantitative estimate of drug-likeness (QED) is 0.761. The largest absolute Gasteiger partial charge is 0.467 e. The Labute approximate surface area is 105 Å². The molecule has 7 heteroatoms. The molecule has 0 aromatic carbocycles. The molecule has 1 aromatic heterocycles. The van der Waals surface area contributed by atoms with Crippen LogP contribution in [0.4, 0.5) is 0 Å². The number of methoxy groups -OCH3 is 1. The molecule has 7 nitrogen and oxygen atoms in total. The minimum atomic E-state index is -0.737. The number of amides is 1. The summed E-state index contributed by atoms with van der Waals surface area (Å²) in [4.78, 5) is 27.0. The van der Waals surface area contributed by atoms with Gasteiger partial charge in [0, 0.05) is 5.41 Å².